The monoisotopic (exact) mass is 348 g/mol. The highest BCUT2D eigenvalue weighted by molar-refractivity contribution is 5.98. The van der Waals surface area contributed by atoms with Gasteiger partial charge in [-0.05, 0) is 29.8 Å². The summed E-state index contributed by atoms with van der Waals surface area (Å²) in [5.41, 5.74) is 8.41. The van der Waals surface area contributed by atoms with Crippen molar-refractivity contribution in [1.29, 1.82) is 0 Å². The number of carbonyl (C=O) groups is 1. The van der Waals surface area contributed by atoms with Crippen LogP contribution in [0.4, 0.5) is 17.2 Å². The lowest BCUT2D eigenvalue weighted by atomic mass is 10.2. The van der Waals surface area contributed by atoms with Gasteiger partial charge in [0.25, 0.3) is 5.91 Å². The molecule has 3 rings (SSSR count). The summed E-state index contributed by atoms with van der Waals surface area (Å²) in [4.78, 5) is 16.0. The molecule has 26 heavy (non-hydrogen) atoms. The van der Waals surface area contributed by atoms with E-state index in [0.29, 0.717) is 23.6 Å². The second kappa shape index (κ2) is 8.02. The third-order valence-corrected chi connectivity index (χ3v) is 3.86. The lowest BCUT2D eigenvalue weighted by Gasteiger charge is -2.13. The standard InChI is InChI=1S/C20H20N4O2/c1-26-16-9-7-15(8-10-16)24-19-11-18(17(13-23-19)20(21)25)22-12-14-5-3-2-4-6-14/h2-11,13H,12H2,1H3,(H2,21,25)(H2,22,23,24). The molecule has 0 saturated heterocycles. The summed E-state index contributed by atoms with van der Waals surface area (Å²) < 4.78 is 5.15. The zero-order chi connectivity index (χ0) is 18.4. The number of anilines is 3. The lowest BCUT2D eigenvalue weighted by Crippen LogP contribution is -2.15. The quantitative estimate of drug-likeness (QED) is 0.608. The van der Waals surface area contributed by atoms with Crippen LogP contribution in [-0.4, -0.2) is 18.0 Å². The fourth-order valence-electron chi connectivity index (χ4n) is 2.48. The number of aromatic nitrogens is 1. The highest BCUT2D eigenvalue weighted by Crippen LogP contribution is 2.23. The van der Waals surface area contributed by atoms with Crippen LogP contribution in [0.1, 0.15) is 15.9 Å². The molecule has 0 bridgehead atoms. The van der Waals surface area contributed by atoms with E-state index in [1.165, 1.54) is 6.20 Å². The minimum absolute atomic E-state index is 0.348. The van der Waals surface area contributed by atoms with Gasteiger partial charge in [-0.25, -0.2) is 4.98 Å². The van der Waals surface area contributed by atoms with E-state index in [0.717, 1.165) is 17.0 Å². The Balaban J connectivity index is 1.79. The van der Waals surface area contributed by atoms with E-state index in [1.54, 1.807) is 13.2 Å². The fraction of sp³-hybridized carbons (Fsp3) is 0.100. The van der Waals surface area contributed by atoms with E-state index in [4.69, 9.17) is 10.5 Å². The maximum atomic E-state index is 11.7. The van der Waals surface area contributed by atoms with Crippen LogP contribution in [0.5, 0.6) is 5.75 Å². The first-order valence-corrected chi connectivity index (χ1v) is 8.14. The number of primary amides is 1. The number of benzene rings is 2. The molecule has 2 aromatic carbocycles. The average molecular weight is 348 g/mol. The van der Waals surface area contributed by atoms with Crippen LogP contribution in [0.25, 0.3) is 0 Å². The van der Waals surface area contributed by atoms with Crippen molar-refractivity contribution in [2.75, 3.05) is 17.7 Å². The molecule has 6 heteroatoms. The van der Waals surface area contributed by atoms with Crippen LogP contribution in [0.2, 0.25) is 0 Å². The number of hydrogen-bond donors (Lipinski definition) is 3. The van der Waals surface area contributed by atoms with Crippen LogP contribution < -0.4 is 21.1 Å². The molecule has 0 spiro atoms. The maximum absolute atomic E-state index is 11.7. The van der Waals surface area contributed by atoms with Crippen LogP contribution in [-0.2, 0) is 6.54 Å². The second-order valence-corrected chi connectivity index (χ2v) is 5.67. The number of rotatable bonds is 7. The number of nitrogens with two attached hydrogens (primary N) is 1. The number of methoxy groups -OCH3 is 1. The zero-order valence-corrected chi connectivity index (χ0v) is 14.4. The van der Waals surface area contributed by atoms with Gasteiger partial charge in [0.1, 0.15) is 11.6 Å². The van der Waals surface area contributed by atoms with E-state index in [-0.39, 0.29) is 0 Å². The number of pyridine rings is 1. The normalized spacial score (nSPS) is 10.2. The molecule has 0 aliphatic carbocycles. The van der Waals surface area contributed by atoms with Gasteiger partial charge in [-0.3, -0.25) is 4.79 Å². The molecule has 132 valence electrons. The Hall–Kier alpha value is -3.54. The van der Waals surface area contributed by atoms with Crippen molar-refractivity contribution in [2.45, 2.75) is 6.54 Å². The molecule has 0 saturated carbocycles. The molecule has 1 heterocycles. The first-order chi connectivity index (χ1) is 12.7. The van der Waals surface area contributed by atoms with Crippen LogP contribution in [0.15, 0.2) is 66.9 Å². The van der Waals surface area contributed by atoms with E-state index >= 15 is 0 Å². The van der Waals surface area contributed by atoms with Crippen molar-refractivity contribution in [3.8, 4) is 5.75 Å². The third-order valence-electron chi connectivity index (χ3n) is 3.86. The highest BCUT2D eigenvalue weighted by Gasteiger charge is 2.10. The molecule has 6 nitrogen and oxygen atoms in total. The third kappa shape index (κ3) is 4.30. The van der Waals surface area contributed by atoms with E-state index in [1.807, 2.05) is 54.6 Å². The largest absolute Gasteiger partial charge is 0.497 e. The Bertz CT molecular complexity index is 880. The molecule has 0 aliphatic heterocycles. The smallest absolute Gasteiger partial charge is 0.252 e. The van der Waals surface area contributed by atoms with Gasteiger partial charge in [-0.15, -0.1) is 0 Å². The Morgan fingerprint density at radius 1 is 1.12 bits per heavy atom. The van der Waals surface area contributed by atoms with Crippen molar-refractivity contribution in [3.63, 3.8) is 0 Å². The number of amides is 1. The van der Waals surface area contributed by atoms with Crippen LogP contribution in [0, 0.1) is 0 Å². The lowest BCUT2D eigenvalue weighted by molar-refractivity contribution is 0.100. The molecule has 0 atom stereocenters. The highest BCUT2D eigenvalue weighted by atomic mass is 16.5. The summed E-state index contributed by atoms with van der Waals surface area (Å²) in [5, 5.41) is 6.46. The van der Waals surface area contributed by atoms with E-state index in [9.17, 15) is 4.79 Å². The fourth-order valence-corrected chi connectivity index (χ4v) is 2.48. The average Bonchev–Trinajstić information content (AvgIpc) is 2.68. The van der Waals surface area contributed by atoms with Gasteiger partial charge in [0.05, 0.1) is 18.4 Å². The summed E-state index contributed by atoms with van der Waals surface area (Å²) >= 11 is 0. The summed E-state index contributed by atoms with van der Waals surface area (Å²) in [6, 6.07) is 19.2. The van der Waals surface area contributed by atoms with Crippen molar-refractivity contribution >= 4 is 23.1 Å². The van der Waals surface area contributed by atoms with Gasteiger partial charge in [-0.1, -0.05) is 30.3 Å². The maximum Gasteiger partial charge on any atom is 0.252 e. The Morgan fingerprint density at radius 3 is 2.50 bits per heavy atom. The number of hydrogen-bond acceptors (Lipinski definition) is 5. The molecule has 1 amide bonds. The van der Waals surface area contributed by atoms with Crippen molar-refractivity contribution in [3.05, 3.63) is 78.0 Å². The summed E-state index contributed by atoms with van der Waals surface area (Å²) in [5.74, 6) is 0.859. The number of carbonyl (C=O) groups excluding carboxylic acids is 1. The Labute approximate surface area is 152 Å². The minimum Gasteiger partial charge on any atom is -0.497 e. The van der Waals surface area contributed by atoms with Crippen molar-refractivity contribution in [1.82, 2.24) is 4.98 Å². The minimum atomic E-state index is -0.524. The number of nitrogens with zero attached hydrogens (tertiary/aromatic N) is 1. The van der Waals surface area contributed by atoms with Gasteiger partial charge in [0.2, 0.25) is 0 Å². The van der Waals surface area contributed by atoms with Gasteiger partial charge >= 0.3 is 0 Å². The summed E-state index contributed by atoms with van der Waals surface area (Å²) in [6.45, 7) is 0.576. The first-order valence-electron chi connectivity index (χ1n) is 8.14. The molecule has 0 aliphatic rings. The predicted molar refractivity (Wildman–Crippen MR) is 103 cm³/mol. The van der Waals surface area contributed by atoms with Gasteiger partial charge < -0.3 is 21.1 Å². The van der Waals surface area contributed by atoms with Gasteiger partial charge in [-0.2, -0.15) is 0 Å². The molecule has 0 radical (unpaired) electrons. The van der Waals surface area contributed by atoms with E-state index in [2.05, 4.69) is 15.6 Å². The van der Waals surface area contributed by atoms with Crippen molar-refractivity contribution in [2.24, 2.45) is 5.73 Å². The summed E-state index contributed by atoms with van der Waals surface area (Å²) in [6.07, 6.45) is 1.47. The Kier molecular flexibility index (Phi) is 5.34. The van der Waals surface area contributed by atoms with Crippen LogP contribution >= 0.6 is 0 Å². The van der Waals surface area contributed by atoms with Crippen LogP contribution in [0.3, 0.4) is 0 Å². The molecule has 4 N–H and O–H groups in total. The zero-order valence-electron chi connectivity index (χ0n) is 14.4. The number of nitrogens with one attached hydrogen (secondary N) is 2. The number of ether oxygens (including phenoxy) is 1. The summed E-state index contributed by atoms with van der Waals surface area (Å²) in [7, 11) is 1.62. The Morgan fingerprint density at radius 2 is 1.85 bits per heavy atom. The first kappa shape index (κ1) is 17.3. The molecule has 0 fully saturated rings. The molecule has 0 unspecified atom stereocenters. The topological polar surface area (TPSA) is 89.3 Å². The predicted octanol–water partition coefficient (Wildman–Crippen LogP) is 3.54. The van der Waals surface area contributed by atoms with Gasteiger partial charge in [0, 0.05) is 24.5 Å². The van der Waals surface area contributed by atoms with Crippen molar-refractivity contribution < 1.29 is 9.53 Å². The molecule has 3 aromatic rings. The molecule has 1 aromatic heterocycles. The molecular formula is C20H20N4O2. The molecular weight excluding hydrogens is 328 g/mol. The SMILES string of the molecule is COc1ccc(Nc2cc(NCc3ccccc3)c(C(N)=O)cn2)cc1. The van der Waals surface area contributed by atoms with Gasteiger partial charge in [0.15, 0.2) is 0 Å². The second-order valence-electron chi connectivity index (χ2n) is 5.67. The van der Waals surface area contributed by atoms with E-state index < -0.39 is 5.91 Å².